The van der Waals surface area contributed by atoms with E-state index in [0.717, 1.165) is 12.0 Å². The van der Waals surface area contributed by atoms with Crippen molar-refractivity contribution in [2.75, 3.05) is 24.8 Å². The van der Waals surface area contributed by atoms with Gasteiger partial charge in [0.25, 0.3) is 0 Å². The molecule has 116 valence electrons. The van der Waals surface area contributed by atoms with Crippen LogP contribution in [-0.2, 0) is 15.6 Å². The molecule has 3 unspecified atom stereocenters. The van der Waals surface area contributed by atoms with E-state index in [1.54, 1.807) is 18.0 Å². The van der Waals surface area contributed by atoms with Crippen LogP contribution in [0.5, 0.6) is 0 Å². The summed E-state index contributed by atoms with van der Waals surface area (Å²) in [6.07, 6.45) is 4.38. The number of hydrogen-bond acceptors (Lipinski definition) is 4. The molecule has 1 aliphatic heterocycles. The molecule has 1 aromatic rings. The summed E-state index contributed by atoms with van der Waals surface area (Å²) in [4.78, 5) is 15.4. The van der Waals surface area contributed by atoms with Gasteiger partial charge in [0.2, 0.25) is 5.91 Å². The van der Waals surface area contributed by atoms with Gasteiger partial charge in [0.15, 0.2) is 0 Å². The van der Waals surface area contributed by atoms with E-state index in [4.69, 9.17) is 0 Å². The van der Waals surface area contributed by atoms with Crippen molar-refractivity contribution in [1.82, 2.24) is 10.2 Å². The molecular weight excluding hydrogens is 304 g/mol. The standard InChI is InChI=1S/C15H22N2O2S2/c1-4-13-15(18)17(9-10-21(3)19)14(16-13)11-5-7-12(20-2)8-6-11/h5-8,13-14,16H,4,9-10H2,1-3H3. The molecule has 0 aromatic heterocycles. The molecule has 2 rings (SSSR count). The molecule has 1 amide bonds. The monoisotopic (exact) mass is 326 g/mol. The molecule has 1 N–H and O–H groups in total. The minimum Gasteiger partial charge on any atom is -0.321 e. The number of rotatable bonds is 6. The number of nitrogens with one attached hydrogen (secondary N) is 1. The predicted molar refractivity (Wildman–Crippen MR) is 88.8 cm³/mol. The molecule has 0 radical (unpaired) electrons. The number of thioether (sulfide) groups is 1. The average Bonchev–Trinajstić information content (AvgIpc) is 2.81. The summed E-state index contributed by atoms with van der Waals surface area (Å²) >= 11 is 1.70. The first-order chi connectivity index (χ1) is 10.1. The molecule has 4 nitrogen and oxygen atoms in total. The van der Waals surface area contributed by atoms with E-state index < -0.39 is 10.8 Å². The fraction of sp³-hybridized carbons (Fsp3) is 0.533. The van der Waals surface area contributed by atoms with Crippen LogP contribution in [0.2, 0.25) is 0 Å². The lowest BCUT2D eigenvalue weighted by atomic mass is 10.1. The zero-order chi connectivity index (χ0) is 15.4. The Morgan fingerprint density at radius 2 is 2.00 bits per heavy atom. The summed E-state index contributed by atoms with van der Waals surface area (Å²) < 4.78 is 11.3. The highest BCUT2D eigenvalue weighted by Gasteiger charge is 2.38. The second-order valence-corrected chi connectivity index (χ2v) is 7.55. The van der Waals surface area contributed by atoms with Gasteiger partial charge in [-0.15, -0.1) is 11.8 Å². The van der Waals surface area contributed by atoms with Gasteiger partial charge in [0, 0.05) is 34.2 Å². The molecule has 1 saturated heterocycles. The van der Waals surface area contributed by atoms with Crippen LogP contribution in [-0.4, -0.2) is 45.9 Å². The highest BCUT2D eigenvalue weighted by molar-refractivity contribution is 7.98. The highest BCUT2D eigenvalue weighted by atomic mass is 32.2. The maximum absolute atomic E-state index is 12.4. The number of benzene rings is 1. The number of hydrogen-bond donors (Lipinski definition) is 1. The zero-order valence-electron chi connectivity index (χ0n) is 12.7. The number of carbonyl (C=O) groups is 1. The fourth-order valence-corrected chi connectivity index (χ4v) is 3.36. The summed E-state index contributed by atoms with van der Waals surface area (Å²) in [7, 11) is -0.891. The minimum atomic E-state index is -0.891. The Morgan fingerprint density at radius 3 is 2.52 bits per heavy atom. The summed E-state index contributed by atoms with van der Waals surface area (Å²) in [5, 5.41) is 3.39. The molecule has 0 spiro atoms. The van der Waals surface area contributed by atoms with Crippen molar-refractivity contribution in [2.24, 2.45) is 0 Å². The average molecular weight is 326 g/mol. The Kier molecular flexibility index (Phi) is 5.84. The topological polar surface area (TPSA) is 49.4 Å². The quantitative estimate of drug-likeness (QED) is 0.812. The molecule has 0 bridgehead atoms. The van der Waals surface area contributed by atoms with Crippen LogP contribution in [0.3, 0.4) is 0 Å². The van der Waals surface area contributed by atoms with Gasteiger partial charge in [0.1, 0.15) is 6.17 Å². The predicted octanol–water partition coefficient (Wildman–Crippen LogP) is 2.00. The van der Waals surface area contributed by atoms with Crippen molar-refractivity contribution < 1.29 is 9.00 Å². The van der Waals surface area contributed by atoms with E-state index in [1.165, 1.54) is 4.90 Å². The first-order valence-electron chi connectivity index (χ1n) is 7.07. The Hall–Kier alpha value is -0.850. The van der Waals surface area contributed by atoms with Crippen molar-refractivity contribution in [2.45, 2.75) is 30.4 Å². The van der Waals surface area contributed by atoms with Gasteiger partial charge in [-0.2, -0.15) is 0 Å². The van der Waals surface area contributed by atoms with Crippen LogP contribution >= 0.6 is 11.8 Å². The molecule has 1 fully saturated rings. The van der Waals surface area contributed by atoms with Crippen molar-refractivity contribution in [3.63, 3.8) is 0 Å². The van der Waals surface area contributed by atoms with Crippen molar-refractivity contribution in [3.05, 3.63) is 29.8 Å². The Morgan fingerprint density at radius 1 is 1.33 bits per heavy atom. The largest absolute Gasteiger partial charge is 0.321 e. The van der Waals surface area contributed by atoms with E-state index in [9.17, 15) is 9.00 Å². The van der Waals surface area contributed by atoms with Crippen LogP contribution < -0.4 is 5.32 Å². The van der Waals surface area contributed by atoms with Gasteiger partial charge in [0.05, 0.1) is 6.04 Å². The first-order valence-corrected chi connectivity index (χ1v) is 10.0. The van der Waals surface area contributed by atoms with Crippen LogP contribution in [0.25, 0.3) is 0 Å². The second kappa shape index (κ2) is 7.42. The van der Waals surface area contributed by atoms with Crippen molar-refractivity contribution in [1.29, 1.82) is 0 Å². The van der Waals surface area contributed by atoms with Crippen LogP contribution in [0.15, 0.2) is 29.2 Å². The molecule has 0 saturated carbocycles. The van der Waals surface area contributed by atoms with Crippen molar-refractivity contribution in [3.8, 4) is 0 Å². The molecular formula is C15H22N2O2S2. The summed E-state index contributed by atoms with van der Waals surface area (Å²) in [5.41, 5.74) is 1.08. The normalized spacial score (nSPS) is 23.6. The Bertz CT molecular complexity index is 519. The van der Waals surface area contributed by atoms with Gasteiger partial charge in [-0.05, 0) is 30.4 Å². The van der Waals surface area contributed by atoms with Gasteiger partial charge in [-0.1, -0.05) is 19.1 Å². The third kappa shape index (κ3) is 3.87. The number of carbonyl (C=O) groups excluding carboxylic acids is 1. The molecule has 1 aliphatic rings. The van der Waals surface area contributed by atoms with Crippen LogP contribution in [0.4, 0.5) is 0 Å². The molecule has 21 heavy (non-hydrogen) atoms. The highest BCUT2D eigenvalue weighted by Crippen LogP contribution is 2.27. The third-order valence-electron chi connectivity index (χ3n) is 3.71. The molecule has 0 aliphatic carbocycles. The zero-order valence-corrected chi connectivity index (χ0v) is 14.3. The van der Waals surface area contributed by atoms with Gasteiger partial charge in [-0.25, -0.2) is 0 Å². The lowest BCUT2D eigenvalue weighted by Gasteiger charge is -2.24. The second-order valence-electron chi connectivity index (χ2n) is 5.11. The summed E-state index contributed by atoms with van der Waals surface area (Å²) in [6, 6.07) is 8.12. The van der Waals surface area contributed by atoms with Gasteiger partial charge < -0.3 is 4.90 Å². The number of nitrogens with zero attached hydrogens (tertiary/aromatic N) is 1. The van der Waals surface area contributed by atoms with Gasteiger partial charge in [-0.3, -0.25) is 14.3 Å². The fourth-order valence-electron chi connectivity index (χ4n) is 2.50. The third-order valence-corrected chi connectivity index (χ3v) is 5.21. The Labute approximate surface area is 133 Å². The van der Waals surface area contributed by atoms with E-state index in [0.29, 0.717) is 12.3 Å². The number of amides is 1. The van der Waals surface area contributed by atoms with Crippen LogP contribution in [0.1, 0.15) is 25.1 Å². The maximum atomic E-state index is 12.4. The van der Waals surface area contributed by atoms with E-state index in [2.05, 4.69) is 29.6 Å². The smallest absolute Gasteiger partial charge is 0.241 e. The Balaban J connectivity index is 2.20. The minimum absolute atomic E-state index is 0.109. The summed E-state index contributed by atoms with van der Waals surface area (Å²) in [5.74, 6) is 0.630. The molecule has 3 atom stereocenters. The van der Waals surface area contributed by atoms with Gasteiger partial charge >= 0.3 is 0 Å². The molecule has 1 aromatic carbocycles. The molecule has 1 heterocycles. The summed E-state index contributed by atoms with van der Waals surface area (Å²) in [6.45, 7) is 2.53. The lowest BCUT2D eigenvalue weighted by Crippen LogP contribution is -2.34. The van der Waals surface area contributed by atoms with Crippen LogP contribution in [0, 0.1) is 0 Å². The van der Waals surface area contributed by atoms with E-state index >= 15 is 0 Å². The maximum Gasteiger partial charge on any atom is 0.241 e. The van der Waals surface area contributed by atoms with Crippen molar-refractivity contribution >= 4 is 28.5 Å². The molecule has 6 heteroatoms. The SMILES string of the molecule is CCC1NC(c2ccc(SC)cc2)N(CCS(C)=O)C1=O. The van der Waals surface area contributed by atoms with E-state index in [1.807, 2.05) is 18.1 Å². The van der Waals surface area contributed by atoms with E-state index in [-0.39, 0.29) is 18.1 Å². The lowest BCUT2D eigenvalue weighted by molar-refractivity contribution is -0.129. The first kappa shape index (κ1) is 16.5.